The number of thiazole rings is 1. The highest BCUT2D eigenvalue weighted by Crippen LogP contribution is 2.45. The van der Waals surface area contributed by atoms with Crippen molar-refractivity contribution >= 4 is 23.2 Å². The van der Waals surface area contributed by atoms with Crippen LogP contribution >= 0.6 is 11.3 Å². The number of carbonyl (C=O) groups is 2. The molecule has 1 aromatic carbocycles. The number of benzene rings is 1. The van der Waals surface area contributed by atoms with E-state index in [0.29, 0.717) is 36.9 Å². The minimum absolute atomic E-state index is 0.0342. The van der Waals surface area contributed by atoms with Gasteiger partial charge in [-0.2, -0.15) is 5.10 Å². The van der Waals surface area contributed by atoms with Crippen LogP contribution in [0.1, 0.15) is 75.8 Å². The molecule has 2 amide bonds. The number of aryl methyl sites for hydroxylation is 3. The van der Waals surface area contributed by atoms with Crippen molar-refractivity contribution in [3.63, 3.8) is 0 Å². The molecule has 178 valence electrons. The van der Waals surface area contributed by atoms with Gasteiger partial charge in [-0.15, -0.1) is 11.3 Å². The summed E-state index contributed by atoms with van der Waals surface area (Å²) in [5, 5.41) is 8.59. The maximum atomic E-state index is 13.7. The van der Waals surface area contributed by atoms with Gasteiger partial charge < -0.3 is 10.2 Å². The predicted molar refractivity (Wildman–Crippen MR) is 133 cm³/mol. The van der Waals surface area contributed by atoms with E-state index in [0.717, 1.165) is 46.8 Å². The standard InChI is InChI=1S/C26H31N5O2S/c1-4-31-21(14-17(3)29-31)24(32)27-20-9-6-12-30(15-20)26(33)22-23(19-8-5-7-16(2)13-19)34-25(28-22)18-10-11-18/h5,7-8,13-14,18,20H,4,6,9-12,15H2,1-3H3,(H,27,32)/t20-/m1/s1. The normalized spacial score (nSPS) is 18.2. The lowest BCUT2D eigenvalue weighted by atomic mass is 10.0. The third kappa shape index (κ3) is 4.64. The number of rotatable bonds is 6. The first kappa shape index (κ1) is 22.8. The van der Waals surface area contributed by atoms with Gasteiger partial charge in [-0.25, -0.2) is 4.98 Å². The lowest BCUT2D eigenvalue weighted by molar-refractivity contribution is 0.0670. The summed E-state index contributed by atoms with van der Waals surface area (Å²) < 4.78 is 1.72. The maximum Gasteiger partial charge on any atom is 0.274 e. The van der Waals surface area contributed by atoms with Crippen molar-refractivity contribution in [1.82, 2.24) is 25.0 Å². The number of nitrogens with one attached hydrogen (secondary N) is 1. The highest BCUT2D eigenvalue weighted by molar-refractivity contribution is 7.15. The number of likely N-dealkylation sites (tertiary alicyclic amines) is 1. The summed E-state index contributed by atoms with van der Waals surface area (Å²) in [7, 11) is 0. The molecule has 1 atom stereocenters. The average Bonchev–Trinajstić information content (AvgIpc) is 3.46. The maximum absolute atomic E-state index is 13.7. The van der Waals surface area contributed by atoms with Crippen LogP contribution in [-0.4, -0.2) is 50.6 Å². The Kier molecular flexibility index (Phi) is 6.25. The van der Waals surface area contributed by atoms with Crippen LogP contribution in [-0.2, 0) is 6.54 Å². The lowest BCUT2D eigenvalue weighted by Gasteiger charge is -2.33. The van der Waals surface area contributed by atoms with Crippen LogP contribution in [0.4, 0.5) is 0 Å². The fourth-order valence-electron chi connectivity index (χ4n) is 4.63. The largest absolute Gasteiger partial charge is 0.346 e. The molecule has 3 heterocycles. The van der Waals surface area contributed by atoms with Gasteiger partial charge in [0.25, 0.3) is 11.8 Å². The molecule has 1 aliphatic carbocycles. The molecule has 1 saturated carbocycles. The van der Waals surface area contributed by atoms with E-state index in [-0.39, 0.29) is 17.9 Å². The Labute approximate surface area is 204 Å². The van der Waals surface area contributed by atoms with Gasteiger partial charge in [-0.3, -0.25) is 14.3 Å². The quantitative estimate of drug-likeness (QED) is 0.565. The SMILES string of the molecule is CCn1nc(C)cc1C(=O)N[C@@H]1CCCN(C(=O)c2nc(C3CC3)sc2-c2cccc(C)c2)C1. The van der Waals surface area contributed by atoms with E-state index in [9.17, 15) is 9.59 Å². The molecule has 7 nitrogen and oxygen atoms in total. The summed E-state index contributed by atoms with van der Waals surface area (Å²) in [6, 6.07) is 10.0. The fourth-order valence-corrected chi connectivity index (χ4v) is 5.85. The van der Waals surface area contributed by atoms with Crippen LogP contribution in [0, 0.1) is 13.8 Å². The molecule has 2 aromatic heterocycles. The Morgan fingerprint density at radius 3 is 2.74 bits per heavy atom. The molecule has 3 aromatic rings. The number of hydrogen-bond donors (Lipinski definition) is 1. The molecule has 2 aliphatic rings. The zero-order valence-electron chi connectivity index (χ0n) is 20.0. The summed E-state index contributed by atoms with van der Waals surface area (Å²) in [4.78, 5) is 34.3. The van der Waals surface area contributed by atoms with Gasteiger partial charge in [0.15, 0.2) is 0 Å². The Balaban J connectivity index is 1.35. The molecule has 0 radical (unpaired) electrons. The van der Waals surface area contributed by atoms with Crippen LogP contribution in [0.3, 0.4) is 0 Å². The number of hydrogen-bond acceptors (Lipinski definition) is 5. The second-order valence-electron chi connectivity index (χ2n) is 9.42. The summed E-state index contributed by atoms with van der Waals surface area (Å²) in [5.74, 6) is 0.329. The highest BCUT2D eigenvalue weighted by Gasteiger charge is 2.33. The Morgan fingerprint density at radius 1 is 1.18 bits per heavy atom. The third-order valence-electron chi connectivity index (χ3n) is 6.53. The molecule has 1 saturated heterocycles. The topological polar surface area (TPSA) is 80.1 Å². The van der Waals surface area contributed by atoms with E-state index < -0.39 is 0 Å². The number of nitrogens with zero attached hydrogens (tertiary/aromatic N) is 4. The van der Waals surface area contributed by atoms with Crippen LogP contribution in [0.2, 0.25) is 0 Å². The monoisotopic (exact) mass is 477 g/mol. The van der Waals surface area contributed by atoms with Crippen molar-refractivity contribution in [1.29, 1.82) is 0 Å². The first-order chi connectivity index (χ1) is 16.4. The Bertz CT molecular complexity index is 1230. The summed E-state index contributed by atoms with van der Waals surface area (Å²) in [6.45, 7) is 7.74. The Morgan fingerprint density at radius 2 is 2.00 bits per heavy atom. The summed E-state index contributed by atoms with van der Waals surface area (Å²) >= 11 is 1.66. The van der Waals surface area contributed by atoms with E-state index in [1.54, 1.807) is 16.0 Å². The van der Waals surface area contributed by atoms with Crippen molar-refractivity contribution in [2.24, 2.45) is 0 Å². The summed E-state index contributed by atoms with van der Waals surface area (Å²) in [5.41, 5.74) is 4.17. The van der Waals surface area contributed by atoms with Crippen molar-refractivity contribution in [3.05, 3.63) is 58.0 Å². The molecule has 34 heavy (non-hydrogen) atoms. The van der Waals surface area contributed by atoms with Gasteiger partial charge >= 0.3 is 0 Å². The highest BCUT2D eigenvalue weighted by atomic mass is 32.1. The average molecular weight is 478 g/mol. The van der Waals surface area contributed by atoms with E-state index in [2.05, 4.69) is 35.5 Å². The van der Waals surface area contributed by atoms with Gasteiger partial charge in [-0.05, 0) is 58.1 Å². The van der Waals surface area contributed by atoms with Crippen LogP contribution in [0.25, 0.3) is 10.4 Å². The van der Waals surface area contributed by atoms with Gasteiger partial charge in [0, 0.05) is 31.6 Å². The second kappa shape index (κ2) is 9.33. The second-order valence-corrected chi connectivity index (χ2v) is 10.5. The minimum atomic E-state index is -0.133. The minimum Gasteiger partial charge on any atom is -0.346 e. The first-order valence-corrected chi connectivity index (χ1v) is 13.0. The number of carbonyl (C=O) groups excluding carboxylic acids is 2. The van der Waals surface area contributed by atoms with Crippen LogP contribution in [0.15, 0.2) is 30.3 Å². The molecule has 1 aliphatic heterocycles. The molecule has 5 rings (SSSR count). The first-order valence-electron chi connectivity index (χ1n) is 12.1. The van der Waals surface area contributed by atoms with Crippen LogP contribution in [0.5, 0.6) is 0 Å². The molecule has 0 bridgehead atoms. The third-order valence-corrected chi connectivity index (χ3v) is 7.80. The van der Waals surface area contributed by atoms with Crippen molar-refractivity contribution in [3.8, 4) is 10.4 Å². The number of amides is 2. The van der Waals surface area contributed by atoms with Crippen molar-refractivity contribution < 1.29 is 9.59 Å². The molecular formula is C26H31N5O2S. The zero-order chi connectivity index (χ0) is 23.8. The van der Waals surface area contributed by atoms with E-state index >= 15 is 0 Å². The van der Waals surface area contributed by atoms with Gasteiger partial charge in [0.2, 0.25) is 0 Å². The molecule has 8 heteroatoms. The van der Waals surface area contributed by atoms with Gasteiger partial charge in [0.1, 0.15) is 11.4 Å². The van der Waals surface area contributed by atoms with Gasteiger partial charge in [-0.1, -0.05) is 29.8 Å². The lowest BCUT2D eigenvalue weighted by Crippen LogP contribution is -2.50. The molecule has 1 N–H and O–H groups in total. The fraction of sp³-hybridized carbons (Fsp3) is 0.462. The zero-order valence-corrected chi connectivity index (χ0v) is 20.8. The number of piperidine rings is 1. The van der Waals surface area contributed by atoms with Crippen molar-refractivity contribution in [2.45, 2.75) is 65.0 Å². The predicted octanol–water partition coefficient (Wildman–Crippen LogP) is 4.56. The molecule has 0 spiro atoms. The van der Waals surface area contributed by atoms with Crippen LogP contribution < -0.4 is 5.32 Å². The van der Waals surface area contributed by atoms with E-state index in [1.165, 1.54) is 5.56 Å². The smallest absolute Gasteiger partial charge is 0.274 e. The van der Waals surface area contributed by atoms with Gasteiger partial charge in [0.05, 0.1) is 15.6 Å². The number of aromatic nitrogens is 3. The van der Waals surface area contributed by atoms with Crippen molar-refractivity contribution in [2.75, 3.05) is 13.1 Å². The molecular weight excluding hydrogens is 446 g/mol. The van der Waals surface area contributed by atoms with E-state index in [1.807, 2.05) is 30.9 Å². The molecule has 2 fully saturated rings. The van der Waals surface area contributed by atoms with E-state index in [4.69, 9.17) is 4.98 Å². The Hall–Kier alpha value is -3.00. The molecule has 0 unspecified atom stereocenters. The summed E-state index contributed by atoms with van der Waals surface area (Å²) in [6.07, 6.45) is 4.01.